The van der Waals surface area contributed by atoms with Gasteiger partial charge in [-0.15, -0.1) is 0 Å². The molecule has 11 heteroatoms. The van der Waals surface area contributed by atoms with Gasteiger partial charge in [0.15, 0.2) is 0 Å². The van der Waals surface area contributed by atoms with E-state index in [0.29, 0.717) is 44.0 Å². The minimum Gasteiger partial charge on any atom is -0.379 e. The van der Waals surface area contributed by atoms with Crippen LogP contribution in [0.3, 0.4) is 0 Å². The molecule has 7 nitrogen and oxygen atoms in total. The molecule has 2 aliphatic rings. The van der Waals surface area contributed by atoms with E-state index in [0.717, 1.165) is 0 Å². The van der Waals surface area contributed by atoms with Gasteiger partial charge in [0, 0.05) is 24.2 Å². The fourth-order valence-corrected chi connectivity index (χ4v) is 7.72. The summed E-state index contributed by atoms with van der Waals surface area (Å²) in [5.74, 6) is 0. The Morgan fingerprint density at radius 1 is 0.967 bits per heavy atom. The molecule has 0 N–H and O–H groups in total. The second kappa shape index (κ2) is 7.96. The number of ether oxygens (including phenoxy) is 1. The fraction of sp³-hybridized carbons (Fsp3) is 0.368. The summed E-state index contributed by atoms with van der Waals surface area (Å²) in [6.07, 6.45) is 0.388. The van der Waals surface area contributed by atoms with Crippen LogP contribution >= 0.6 is 23.2 Å². The zero-order valence-electron chi connectivity index (χ0n) is 16.1. The first-order chi connectivity index (χ1) is 14.1. The van der Waals surface area contributed by atoms with E-state index in [-0.39, 0.29) is 19.8 Å². The van der Waals surface area contributed by atoms with Crippen LogP contribution in [0.2, 0.25) is 10.0 Å². The molecular weight excluding hydrogens is 471 g/mol. The van der Waals surface area contributed by atoms with Gasteiger partial charge in [-0.25, -0.2) is 16.8 Å². The smallest absolute Gasteiger partial charge is 0.266 e. The number of rotatable bonds is 4. The first-order valence-electron chi connectivity index (χ1n) is 9.32. The number of anilines is 1. The topological polar surface area (TPSA) is 84.0 Å². The van der Waals surface area contributed by atoms with Crippen molar-refractivity contribution in [2.75, 3.05) is 30.6 Å². The zero-order valence-corrected chi connectivity index (χ0v) is 19.2. The third-order valence-electron chi connectivity index (χ3n) is 5.24. The molecule has 0 bridgehead atoms. The lowest BCUT2D eigenvalue weighted by molar-refractivity contribution is 0.0730. The van der Waals surface area contributed by atoms with Crippen LogP contribution in [0.1, 0.15) is 12.5 Å². The van der Waals surface area contributed by atoms with Crippen molar-refractivity contribution in [3.8, 4) is 0 Å². The minimum absolute atomic E-state index is 0.0755. The molecule has 0 radical (unpaired) electrons. The Hall–Kier alpha value is -1.36. The average Bonchev–Trinajstić information content (AvgIpc) is 3.06. The summed E-state index contributed by atoms with van der Waals surface area (Å²) in [5.41, 5.74) is 1.10. The number of benzene rings is 2. The van der Waals surface area contributed by atoms with Crippen LogP contribution in [-0.2, 0) is 31.2 Å². The maximum Gasteiger partial charge on any atom is 0.266 e. The summed E-state index contributed by atoms with van der Waals surface area (Å²) in [6.45, 7) is 3.07. The molecule has 0 amide bonds. The average molecular weight is 491 g/mol. The number of halogens is 2. The van der Waals surface area contributed by atoms with Gasteiger partial charge in [0.2, 0.25) is 10.0 Å². The van der Waals surface area contributed by atoms with Crippen LogP contribution in [0, 0.1) is 0 Å². The molecule has 2 heterocycles. The summed E-state index contributed by atoms with van der Waals surface area (Å²) in [6, 6.07) is 8.43. The molecule has 162 valence electrons. The van der Waals surface area contributed by atoms with Crippen molar-refractivity contribution in [1.82, 2.24) is 4.31 Å². The second-order valence-electron chi connectivity index (χ2n) is 7.24. The molecule has 0 saturated carbocycles. The normalized spacial score (nSPS) is 20.4. The third kappa shape index (κ3) is 3.72. The minimum atomic E-state index is -3.98. The van der Waals surface area contributed by atoms with Gasteiger partial charge >= 0.3 is 0 Å². The summed E-state index contributed by atoms with van der Waals surface area (Å²) in [7, 11) is -7.65. The van der Waals surface area contributed by atoms with Gasteiger partial charge in [-0.1, -0.05) is 23.2 Å². The van der Waals surface area contributed by atoms with Crippen LogP contribution in [0.25, 0.3) is 0 Å². The van der Waals surface area contributed by atoms with Gasteiger partial charge in [-0.3, -0.25) is 4.31 Å². The van der Waals surface area contributed by atoms with Gasteiger partial charge in [0.1, 0.15) is 4.90 Å². The lowest BCUT2D eigenvalue weighted by Crippen LogP contribution is -2.40. The van der Waals surface area contributed by atoms with Crippen molar-refractivity contribution >= 4 is 48.9 Å². The van der Waals surface area contributed by atoms with Crippen molar-refractivity contribution in [3.63, 3.8) is 0 Å². The van der Waals surface area contributed by atoms with E-state index in [2.05, 4.69) is 0 Å². The first-order valence-corrected chi connectivity index (χ1v) is 13.0. The standard InChI is InChI=1S/C19H20Cl2N2O5S2/c1-13-10-14-11-16(29(24,25)22-6-8-28-9-7-22)3-5-18(14)23(13)30(26,27)19-12-15(20)2-4-17(19)21/h2-5,11-13H,6-10H2,1H3/t13-/m1/s1. The second-order valence-corrected chi connectivity index (χ2v) is 11.8. The predicted octanol–water partition coefficient (Wildman–Crippen LogP) is 3.15. The van der Waals surface area contributed by atoms with Crippen LogP contribution < -0.4 is 4.31 Å². The number of morpholine rings is 1. The number of sulfonamides is 2. The van der Waals surface area contributed by atoms with Crippen molar-refractivity contribution in [2.45, 2.75) is 29.2 Å². The highest BCUT2D eigenvalue weighted by molar-refractivity contribution is 7.93. The van der Waals surface area contributed by atoms with Crippen LogP contribution in [0.4, 0.5) is 5.69 Å². The molecule has 4 rings (SSSR count). The maximum atomic E-state index is 13.4. The van der Waals surface area contributed by atoms with E-state index in [1.54, 1.807) is 19.1 Å². The molecule has 0 aromatic heterocycles. The fourth-order valence-electron chi connectivity index (χ4n) is 3.82. The molecule has 2 aliphatic heterocycles. The largest absolute Gasteiger partial charge is 0.379 e. The van der Waals surface area contributed by atoms with E-state index in [4.69, 9.17) is 27.9 Å². The number of hydrogen-bond acceptors (Lipinski definition) is 5. The van der Waals surface area contributed by atoms with Gasteiger partial charge in [-0.05, 0) is 55.3 Å². The van der Waals surface area contributed by atoms with E-state index in [1.807, 2.05) is 0 Å². The Labute approximate surface area is 186 Å². The predicted molar refractivity (Wildman–Crippen MR) is 115 cm³/mol. The molecular formula is C19H20Cl2N2O5S2. The van der Waals surface area contributed by atoms with E-state index < -0.39 is 26.1 Å². The van der Waals surface area contributed by atoms with Crippen molar-refractivity contribution in [1.29, 1.82) is 0 Å². The summed E-state index contributed by atoms with van der Waals surface area (Å²) < 4.78 is 60.5. The quantitative estimate of drug-likeness (QED) is 0.656. The Kier molecular flexibility index (Phi) is 5.80. The zero-order chi connectivity index (χ0) is 21.7. The molecule has 1 fully saturated rings. The SMILES string of the molecule is C[C@@H]1Cc2cc(S(=O)(=O)N3CCOCC3)ccc2N1S(=O)(=O)c1cc(Cl)ccc1Cl. The lowest BCUT2D eigenvalue weighted by Gasteiger charge is -2.27. The number of fused-ring (bicyclic) bond motifs is 1. The highest BCUT2D eigenvalue weighted by atomic mass is 35.5. The van der Waals surface area contributed by atoms with E-state index in [1.165, 1.54) is 32.9 Å². The first kappa shape index (κ1) is 21.9. The Morgan fingerprint density at radius 3 is 2.37 bits per heavy atom. The highest BCUT2D eigenvalue weighted by Gasteiger charge is 2.38. The lowest BCUT2D eigenvalue weighted by atomic mass is 10.1. The van der Waals surface area contributed by atoms with E-state index >= 15 is 0 Å². The molecule has 2 aromatic rings. The Morgan fingerprint density at radius 2 is 1.67 bits per heavy atom. The monoisotopic (exact) mass is 490 g/mol. The van der Waals surface area contributed by atoms with Gasteiger partial charge in [0.05, 0.1) is 28.8 Å². The molecule has 1 atom stereocenters. The Bertz CT molecular complexity index is 1200. The van der Waals surface area contributed by atoms with Crippen molar-refractivity contribution in [2.24, 2.45) is 0 Å². The number of hydrogen-bond donors (Lipinski definition) is 0. The van der Waals surface area contributed by atoms with Gasteiger partial charge < -0.3 is 4.74 Å². The Balaban J connectivity index is 1.74. The summed E-state index contributed by atoms with van der Waals surface area (Å²) in [4.78, 5) is 0.0665. The van der Waals surface area contributed by atoms with Crippen LogP contribution in [0.15, 0.2) is 46.2 Å². The molecule has 0 unspecified atom stereocenters. The van der Waals surface area contributed by atoms with Gasteiger partial charge in [0.25, 0.3) is 10.0 Å². The number of nitrogens with zero attached hydrogens (tertiary/aromatic N) is 2. The molecule has 2 aromatic carbocycles. The third-order valence-corrected chi connectivity index (χ3v) is 9.78. The van der Waals surface area contributed by atoms with Gasteiger partial charge in [-0.2, -0.15) is 4.31 Å². The summed E-state index contributed by atoms with van der Waals surface area (Å²) in [5, 5.41) is 0.337. The van der Waals surface area contributed by atoms with Crippen molar-refractivity contribution in [3.05, 3.63) is 52.0 Å². The van der Waals surface area contributed by atoms with E-state index in [9.17, 15) is 16.8 Å². The van der Waals surface area contributed by atoms with Crippen molar-refractivity contribution < 1.29 is 21.6 Å². The molecule has 0 aliphatic carbocycles. The van der Waals surface area contributed by atoms with Crippen LogP contribution in [0.5, 0.6) is 0 Å². The molecule has 0 spiro atoms. The summed E-state index contributed by atoms with van der Waals surface area (Å²) >= 11 is 12.1. The maximum absolute atomic E-state index is 13.4. The molecule has 30 heavy (non-hydrogen) atoms. The molecule has 1 saturated heterocycles. The van der Waals surface area contributed by atoms with Crippen LogP contribution in [-0.4, -0.2) is 53.5 Å². The highest BCUT2D eigenvalue weighted by Crippen LogP contribution is 2.40.